The summed E-state index contributed by atoms with van der Waals surface area (Å²) in [5, 5.41) is 0. The van der Waals surface area contributed by atoms with Gasteiger partial charge in [0, 0.05) is 29.6 Å². The minimum atomic E-state index is -4.07. The van der Waals surface area contributed by atoms with E-state index in [4.69, 9.17) is 0 Å². The van der Waals surface area contributed by atoms with Gasteiger partial charge < -0.3 is 4.90 Å². The van der Waals surface area contributed by atoms with Crippen molar-refractivity contribution in [1.82, 2.24) is 14.9 Å². The molecule has 4 aromatic rings. The van der Waals surface area contributed by atoms with Gasteiger partial charge in [0.25, 0.3) is 15.9 Å². The van der Waals surface area contributed by atoms with Gasteiger partial charge in [0.15, 0.2) is 0 Å². The van der Waals surface area contributed by atoms with Crippen LogP contribution in [-0.4, -0.2) is 36.2 Å². The van der Waals surface area contributed by atoms with Crippen LogP contribution in [0, 0.1) is 9.39 Å². The molecular weight excluding hydrogens is 558 g/mol. The Morgan fingerprint density at radius 1 is 1.06 bits per heavy atom. The van der Waals surface area contributed by atoms with Crippen molar-refractivity contribution in [3.05, 3.63) is 93.6 Å². The molecule has 0 saturated carbocycles. The standard InChI is InChI=1S/C23H18FIN4O3S/c1-29(14-15-5-7-16(24)8-6-15)23(30)18-10-9-17(25)13-20(18)28-33(31,32)21-4-2-3-19-22(21)27-12-11-26-19/h2-13,28H,14H2,1H3. The molecule has 3 aromatic carbocycles. The van der Waals surface area contributed by atoms with Crippen molar-refractivity contribution in [2.75, 3.05) is 11.8 Å². The van der Waals surface area contributed by atoms with Crippen LogP contribution in [0.5, 0.6) is 0 Å². The zero-order valence-electron chi connectivity index (χ0n) is 17.4. The number of hydrogen-bond acceptors (Lipinski definition) is 5. The highest BCUT2D eigenvalue weighted by Gasteiger charge is 2.23. The molecular formula is C23H18FIN4O3S. The van der Waals surface area contributed by atoms with E-state index in [-0.39, 0.29) is 39.9 Å². The molecule has 1 amide bonds. The molecule has 0 aliphatic rings. The van der Waals surface area contributed by atoms with E-state index < -0.39 is 10.0 Å². The van der Waals surface area contributed by atoms with Crippen molar-refractivity contribution in [1.29, 1.82) is 0 Å². The van der Waals surface area contributed by atoms with Crippen LogP contribution >= 0.6 is 22.6 Å². The van der Waals surface area contributed by atoms with Gasteiger partial charge in [0.05, 0.1) is 16.8 Å². The van der Waals surface area contributed by atoms with Gasteiger partial charge in [-0.1, -0.05) is 18.2 Å². The quantitative estimate of drug-likeness (QED) is 0.343. The van der Waals surface area contributed by atoms with Gasteiger partial charge in [0.1, 0.15) is 16.2 Å². The minimum absolute atomic E-state index is 0.0370. The van der Waals surface area contributed by atoms with Crippen molar-refractivity contribution < 1.29 is 17.6 Å². The van der Waals surface area contributed by atoms with Crippen LogP contribution < -0.4 is 4.72 Å². The maximum absolute atomic E-state index is 13.3. The number of halogens is 2. The van der Waals surface area contributed by atoms with Crippen molar-refractivity contribution >= 4 is 55.2 Å². The van der Waals surface area contributed by atoms with E-state index in [1.54, 1.807) is 49.5 Å². The van der Waals surface area contributed by atoms with E-state index in [0.29, 0.717) is 5.52 Å². The molecule has 4 rings (SSSR count). The Balaban J connectivity index is 1.66. The molecule has 1 aromatic heterocycles. The number of rotatable bonds is 6. The lowest BCUT2D eigenvalue weighted by Crippen LogP contribution is -2.27. The number of amides is 1. The average molecular weight is 576 g/mol. The monoisotopic (exact) mass is 576 g/mol. The normalized spacial score (nSPS) is 11.4. The van der Waals surface area contributed by atoms with Gasteiger partial charge >= 0.3 is 0 Å². The predicted octanol–water partition coefficient (Wildman–Crippen LogP) is 4.45. The van der Waals surface area contributed by atoms with Gasteiger partial charge in [-0.25, -0.2) is 12.8 Å². The minimum Gasteiger partial charge on any atom is -0.337 e. The molecule has 168 valence electrons. The van der Waals surface area contributed by atoms with E-state index in [9.17, 15) is 17.6 Å². The number of nitrogens with one attached hydrogen (secondary N) is 1. The Hall–Kier alpha value is -3.12. The maximum Gasteiger partial charge on any atom is 0.264 e. The lowest BCUT2D eigenvalue weighted by atomic mass is 10.1. The number of nitrogens with zero attached hydrogens (tertiary/aromatic N) is 3. The molecule has 0 saturated heterocycles. The number of fused-ring (bicyclic) bond motifs is 1. The second kappa shape index (κ2) is 9.40. The van der Waals surface area contributed by atoms with Crippen molar-refractivity contribution in [3.8, 4) is 0 Å². The number of anilines is 1. The van der Waals surface area contributed by atoms with E-state index in [1.807, 2.05) is 22.6 Å². The first-order chi connectivity index (χ1) is 15.7. The first-order valence-electron chi connectivity index (χ1n) is 9.76. The molecule has 0 fully saturated rings. The van der Waals surface area contributed by atoms with E-state index in [2.05, 4.69) is 14.7 Å². The fraction of sp³-hybridized carbons (Fsp3) is 0.0870. The van der Waals surface area contributed by atoms with Gasteiger partial charge in [-0.05, 0) is 70.6 Å². The number of carbonyl (C=O) groups excluding carboxylic acids is 1. The second-order valence-corrected chi connectivity index (χ2v) is 10.2. The zero-order valence-corrected chi connectivity index (χ0v) is 20.3. The fourth-order valence-corrected chi connectivity index (χ4v) is 5.04. The Morgan fingerprint density at radius 3 is 2.55 bits per heavy atom. The van der Waals surface area contributed by atoms with Crippen LogP contribution in [0.1, 0.15) is 15.9 Å². The van der Waals surface area contributed by atoms with Crippen molar-refractivity contribution in [3.63, 3.8) is 0 Å². The summed E-state index contributed by atoms with van der Waals surface area (Å²) in [5.41, 5.74) is 1.76. The Bertz CT molecular complexity index is 1440. The summed E-state index contributed by atoms with van der Waals surface area (Å²) < 4.78 is 43.0. The molecule has 0 radical (unpaired) electrons. The van der Waals surface area contributed by atoms with Crippen LogP contribution in [0.25, 0.3) is 11.0 Å². The van der Waals surface area contributed by atoms with Crippen molar-refractivity contribution in [2.24, 2.45) is 0 Å². The molecule has 1 N–H and O–H groups in total. The van der Waals surface area contributed by atoms with Crippen LogP contribution in [0.2, 0.25) is 0 Å². The van der Waals surface area contributed by atoms with Crippen LogP contribution in [-0.2, 0) is 16.6 Å². The van der Waals surface area contributed by atoms with E-state index in [1.165, 1.54) is 35.5 Å². The smallest absolute Gasteiger partial charge is 0.264 e. The third-order valence-electron chi connectivity index (χ3n) is 4.89. The number of hydrogen-bond donors (Lipinski definition) is 1. The SMILES string of the molecule is CN(Cc1ccc(F)cc1)C(=O)c1ccc(I)cc1NS(=O)(=O)c1cccc2nccnc12. The second-order valence-electron chi connectivity index (χ2n) is 7.26. The summed E-state index contributed by atoms with van der Waals surface area (Å²) in [7, 11) is -2.47. The number of aromatic nitrogens is 2. The van der Waals surface area contributed by atoms with Crippen molar-refractivity contribution in [2.45, 2.75) is 11.4 Å². The Labute approximate surface area is 203 Å². The summed E-state index contributed by atoms with van der Waals surface area (Å²) in [5.74, 6) is -0.744. The van der Waals surface area contributed by atoms with Gasteiger partial charge in [-0.3, -0.25) is 19.5 Å². The van der Waals surface area contributed by atoms with Crippen LogP contribution in [0.3, 0.4) is 0 Å². The number of carbonyl (C=O) groups is 1. The molecule has 0 unspecified atom stereocenters. The predicted molar refractivity (Wildman–Crippen MR) is 132 cm³/mol. The topological polar surface area (TPSA) is 92.3 Å². The fourth-order valence-electron chi connectivity index (χ4n) is 3.31. The number of benzene rings is 3. The molecule has 0 aliphatic carbocycles. The first-order valence-corrected chi connectivity index (χ1v) is 12.3. The van der Waals surface area contributed by atoms with E-state index >= 15 is 0 Å². The highest BCUT2D eigenvalue weighted by atomic mass is 127. The summed E-state index contributed by atoms with van der Waals surface area (Å²) in [6.45, 7) is 0.232. The molecule has 1 heterocycles. The largest absolute Gasteiger partial charge is 0.337 e. The van der Waals surface area contributed by atoms with Crippen LogP contribution in [0.4, 0.5) is 10.1 Å². The highest BCUT2D eigenvalue weighted by molar-refractivity contribution is 14.1. The third kappa shape index (κ3) is 5.11. The lowest BCUT2D eigenvalue weighted by molar-refractivity contribution is 0.0786. The molecule has 7 nitrogen and oxygen atoms in total. The van der Waals surface area contributed by atoms with Crippen LogP contribution in [0.15, 0.2) is 78.0 Å². The molecule has 10 heteroatoms. The number of sulfonamides is 1. The highest BCUT2D eigenvalue weighted by Crippen LogP contribution is 2.26. The molecule has 0 atom stereocenters. The zero-order chi connectivity index (χ0) is 23.6. The van der Waals surface area contributed by atoms with Gasteiger partial charge in [-0.2, -0.15) is 0 Å². The summed E-state index contributed by atoms with van der Waals surface area (Å²) in [4.78, 5) is 22.9. The number of para-hydroxylation sites is 1. The summed E-state index contributed by atoms with van der Waals surface area (Å²) in [6, 6.07) is 15.4. The average Bonchev–Trinajstić information content (AvgIpc) is 2.79. The lowest BCUT2D eigenvalue weighted by Gasteiger charge is -2.20. The van der Waals surface area contributed by atoms with E-state index in [0.717, 1.165) is 9.13 Å². The first kappa shape index (κ1) is 23.1. The third-order valence-corrected chi connectivity index (χ3v) is 6.96. The molecule has 33 heavy (non-hydrogen) atoms. The Morgan fingerprint density at radius 2 is 1.79 bits per heavy atom. The maximum atomic E-state index is 13.3. The molecule has 0 aliphatic heterocycles. The van der Waals surface area contributed by atoms with Gasteiger partial charge in [0.2, 0.25) is 0 Å². The van der Waals surface area contributed by atoms with Gasteiger partial charge in [-0.15, -0.1) is 0 Å². The summed E-state index contributed by atoms with van der Waals surface area (Å²) >= 11 is 2.05. The molecule has 0 spiro atoms. The molecule has 0 bridgehead atoms. The summed E-state index contributed by atoms with van der Waals surface area (Å²) in [6.07, 6.45) is 2.91. The Kier molecular flexibility index (Phi) is 6.56.